The molecule has 0 saturated carbocycles. The molecule has 1 aliphatic rings. The van der Waals surface area contributed by atoms with Crippen LogP contribution in [0.2, 0.25) is 0 Å². The van der Waals surface area contributed by atoms with E-state index >= 15 is 0 Å². The highest BCUT2D eigenvalue weighted by Gasteiger charge is 2.21. The van der Waals surface area contributed by atoms with Gasteiger partial charge >= 0.3 is 0 Å². The van der Waals surface area contributed by atoms with E-state index in [9.17, 15) is 0 Å². The lowest BCUT2D eigenvalue weighted by Gasteiger charge is -2.24. The highest BCUT2D eigenvalue weighted by atomic mass is 15.2. The first-order valence-corrected chi connectivity index (χ1v) is 6.80. The molecule has 2 nitrogen and oxygen atoms in total. The normalized spacial score (nSPS) is 22.8. The summed E-state index contributed by atoms with van der Waals surface area (Å²) in [6.45, 7) is 4.63. The molecule has 0 amide bonds. The highest BCUT2D eigenvalue weighted by molar-refractivity contribution is 5.18. The Hall–Kier alpha value is -0.860. The monoisotopic (exact) mass is 232 g/mol. The van der Waals surface area contributed by atoms with E-state index in [0.29, 0.717) is 6.04 Å². The van der Waals surface area contributed by atoms with Gasteiger partial charge in [0.05, 0.1) is 0 Å². The summed E-state index contributed by atoms with van der Waals surface area (Å²) in [6, 6.07) is 12.0. The quantitative estimate of drug-likeness (QED) is 0.840. The minimum absolute atomic E-state index is 0.505. The summed E-state index contributed by atoms with van der Waals surface area (Å²) in [6.07, 6.45) is 3.85. The Morgan fingerprint density at radius 2 is 2.12 bits per heavy atom. The van der Waals surface area contributed by atoms with Crippen molar-refractivity contribution < 1.29 is 0 Å². The number of hydrogen-bond acceptors (Lipinski definition) is 2. The van der Waals surface area contributed by atoms with Crippen LogP contribution in [-0.2, 0) is 0 Å². The topological polar surface area (TPSA) is 15.3 Å². The molecule has 2 atom stereocenters. The smallest absolute Gasteiger partial charge is 0.0318 e. The van der Waals surface area contributed by atoms with Gasteiger partial charge in [-0.05, 0) is 38.4 Å². The number of likely N-dealkylation sites (N-methyl/N-ethyl adjacent to an activating group) is 1. The number of nitrogens with one attached hydrogen (secondary N) is 1. The number of rotatable bonds is 5. The maximum absolute atomic E-state index is 3.72. The lowest BCUT2D eigenvalue weighted by atomic mass is 10.0. The van der Waals surface area contributed by atoms with Gasteiger partial charge in [0, 0.05) is 18.6 Å². The Kier molecular flexibility index (Phi) is 4.57. The standard InChI is InChI=1S/C15H24N2/c1-3-15(13-8-5-4-6-9-13)16-12-14-10-7-11-17(14)2/h4-6,8-9,14-16H,3,7,10-12H2,1-2H3. The zero-order chi connectivity index (χ0) is 12.1. The molecule has 2 rings (SSSR count). The highest BCUT2D eigenvalue weighted by Crippen LogP contribution is 2.18. The summed E-state index contributed by atoms with van der Waals surface area (Å²) in [5.41, 5.74) is 1.41. The SMILES string of the molecule is CCC(NCC1CCCN1C)c1ccccc1. The molecule has 1 N–H and O–H groups in total. The van der Waals surface area contributed by atoms with Crippen LogP contribution in [0.25, 0.3) is 0 Å². The Labute approximate surface area is 105 Å². The average molecular weight is 232 g/mol. The van der Waals surface area contributed by atoms with E-state index in [2.05, 4.69) is 54.5 Å². The summed E-state index contributed by atoms with van der Waals surface area (Å²) in [7, 11) is 2.24. The van der Waals surface area contributed by atoms with Gasteiger partial charge < -0.3 is 10.2 Å². The summed E-state index contributed by atoms with van der Waals surface area (Å²) in [4.78, 5) is 2.48. The number of nitrogens with zero attached hydrogens (tertiary/aromatic N) is 1. The minimum atomic E-state index is 0.505. The first-order valence-electron chi connectivity index (χ1n) is 6.80. The van der Waals surface area contributed by atoms with E-state index < -0.39 is 0 Å². The van der Waals surface area contributed by atoms with Crippen LogP contribution in [0, 0.1) is 0 Å². The molecule has 2 unspecified atom stereocenters. The summed E-state index contributed by atoms with van der Waals surface area (Å²) in [5, 5.41) is 3.72. The largest absolute Gasteiger partial charge is 0.308 e. The molecule has 1 fully saturated rings. The Morgan fingerprint density at radius 1 is 1.35 bits per heavy atom. The minimum Gasteiger partial charge on any atom is -0.308 e. The Bertz CT molecular complexity index is 323. The van der Waals surface area contributed by atoms with Crippen LogP contribution in [0.3, 0.4) is 0 Å². The van der Waals surface area contributed by atoms with Gasteiger partial charge in [-0.2, -0.15) is 0 Å². The fourth-order valence-electron chi connectivity index (χ4n) is 2.70. The molecule has 1 aromatic carbocycles. The molecule has 94 valence electrons. The van der Waals surface area contributed by atoms with Gasteiger partial charge in [0.15, 0.2) is 0 Å². The number of hydrogen-bond donors (Lipinski definition) is 1. The van der Waals surface area contributed by atoms with Crippen molar-refractivity contribution >= 4 is 0 Å². The molecule has 1 aliphatic heterocycles. The summed E-state index contributed by atoms with van der Waals surface area (Å²) >= 11 is 0. The van der Waals surface area contributed by atoms with Gasteiger partial charge in [0.1, 0.15) is 0 Å². The third-order valence-electron chi connectivity index (χ3n) is 3.88. The lowest BCUT2D eigenvalue weighted by molar-refractivity contribution is 0.290. The molecule has 0 radical (unpaired) electrons. The molecule has 0 aliphatic carbocycles. The predicted molar refractivity (Wildman–Crippen MR) is 73.1 cm³/mol. The first kappa shape index (κ1) is 12.6. The summed E-state index contributed by atoms with van der Waals surface area (Å²) < 4.78 is 0. The zero-order valence-corrected chi connectivity index (χ0v) is 11.0. The van der Waals surface area contributed by atoms with Gasteiger partial charge in [0.25, 0.3) is 0 Å². The van der Waals surface area contributed by atoms with Crippen LogP contribution < -0.4 is 5.32 Å². The zero-order valence-electron chi connectivity index (χ0n) is 11.0. The van der Waals surface area contributed by atoms with Crippen molar-refractivity contribution in [3.63, 3.8) is 0 Å². The van der Waals surface area contributed by atoms with Gasteiger partial charge in [0.2, 0.25) is 0 Å². The Balaban J connectivity index is 1.88. The van der Waals surface area contributed by atoms with Crippen LogP contribution in [0.15, 0.2) is 30.3 Å². The third kappa shape index (κ3) is 3.30. The van der Waals surface area contributed by atoms with Gasteiger partial charge in [-0.1, -0.05) is 37.3 Å². The van der Waals surface area contributed by atoms with E-state index in [0.717, 1.165) is 19.0 Å². The van der Waals surface area contributed by atoms with E-state index in [1.54, 1.807) is 0 Å². The maximum atomic E-state index is 3.72. The first-order chi connectivity index (χ1) is 8.31. The lowest BCUT2D eigenvalue weighted by Crippen LogP contribution is -2.37. The molecule has 17 heavy (non-hydrogen) atoms. The van der Waals surface area contributed by atoms with Crippen molar-refractivity contribution in [2.75, 3.05) is 20.1 Å². The molecular weight excluding hydrogens is 208 g/mol. The molecule has 2 heteroatoms. The fourth-order valence-corrected chi connectivity index (χ4v) is 2.70. The predicted octanol–water partition coefficient (Wildman–Crippen LogP) is 2.82. The second-order valence-electron chi connectivity index (χ2n) is 5.06. The van der Waals surface area contributed by atoms with Gasteiger partial charge in [-0.25, -0.2) is 0 Å². The molecule has 1 aromatic rings. The molecular formula is C15H24N2. The molecule has 0 bridgehead atoms. The van der Waals surface area contributed by atoms with Crippen molar-refractivity contribution in [2.45, 2.75) is 38.3 Å². The van der Waals surface area contributed by atoms with Gasteiger partial charge in [-0.3, -0.25) is 0 Å². The molecule has 0 aromatic heterocycles. The molecule has 1 heterocycles. The second-order valence-corrected chi connectivity index (χ2v) is 5.06. The third-order valence-corrected chi connectivity index (χ3v) is 3.88. The number of benzene rings is 1. The van der Waals surface area contributed by atoms with Crippen LogP contribution in [0.5, 0.6) is 0 Å². The van der Waals surface area contributed by atoms with Crippen molar-refractivity contribution in [2.24, 2.45) is 0 Å². The molecule has 0 spiro atoms. The maximum Gasteiger partial charge on any atom is 0.0318 e. The van der Waals surface area contributed by atoms with Crippen LogP contribution in [0.1, 0.15) is 37.8 Å². The van der Waals surface area contributed by atoms with Crippen molar-refractivity contribution in [1.82, 2.24) is 10.2 Å². The molecule has 1 saturated heterocycles. The van der Waals surface area contributed by atoms with Crippen molar-refractivity contribution in [1.29, 1.82) is 0 Å². The number of likely N-dealkylation sites (tertiary alicyclic amines) is 1. The van der Waals surface area contributed by atoms with Gasteiger partial charge in [-0.15, -0.1) is 0 Å². The van der Waals surface area contributed by atoms with Crippen LogP contribution in [0.4, 0.5) is 0 Å². The van der Waals surface area contributed by atoms with E-state index in [4.69, 9.17) is 0 Å². The van der Waals surface area contributed by atoms with Crippen LogP contribution >= 0.6 is 0 Å². The van der Waals surface area contributed by atoms with E-state index in [1.165, 1.54) is 24.9 Å². The van der Waals surface area contributed by atoms with E-state index in [-0.39, 0.29) is 0 Å². The Morgan fingerprint density at radius 3 is 2.71 bits per heavy atom. The average Bonchev–Trinajstić information content (AvgIpc) is 2.77. The van der Waals surface area contributed by atoms with Crippen LogP contribution in [-0.4, -0.2) is 31.1 Å². The fraction of sp³-hybridized carbons (Fsp3) is 0.600. The summed E-state index contributed by atoms with van der Waals surface area (Å²) in [5.74, 6) is 0. The second kappa shape index (κ2) is 6.18. The van der Waals surface area contributed by atoms with Crippen molar-refractivity contribution in [3.8, 4) is 0 Å². The van der Waals surface area contributed by atoms with E-state index in [1.807, 2.05) is 0 Å². The van der Waals surface area contributed by atoms with Crippen molar-refractivity contribution in [3.05, 3.63) is 35.9 Å².